The molecular formula is C15H27NO3. The Morgan fingerprint density at radius 3 is 2.05 bits per heavy atom. The molecule has 1 aromatic rings. The minimum Gasteiger partial charge on any atom is -0.497 e. The molecule has 0 heterocycles. The molecule has 0 aromatic heterocycles. The molecule has 0 aliphatic rings. The Hall–Kier alpha value is -1.55. The number of hydrogen-bond donors (Lipinski definition) is 2. The highest BCUT2D eigenvalue weighted by atomic mass is 16.5. The van der Waals surface area contributed by atoms with Crippen molar-refractivity contribution in [3.05, 3.63) is 29.8 Å². The molecule has 2 N–H and O–H groups in total. The lowest BCUT2D eigenvalue weighted by Gasteiger charge is -2.09. The summed E-state index contributed by atoms with van der Waals surface area (Å²) >= 11 is 0. The lowest BCUT2D eigenvalue weighted by Crippen LogP contribution is -2.33. The lowest BCUT2D eigenvalue weighted by atomic mass is 10.2. The number of benzene rings is 1. The van der Waals surface area contributed by atoms with E-state index in [0.29, 0.717) is 6.54 Å². The third kappa shape index (κ3) is 9.08. The van der Waals surface area contributed by atoms with E-state index in [1.54, 1.807) is 14.0 Å². The monoisotopic (exact) mass is 269 g/mol. The van der Waals surface area contributed by atoms with Crippen LogP contribution in [-0.2, 0) is 11.3 Å². The topological polar surface area (TPSA) is 58.6 Å². The van der Waals surface area contributed by atoms with E-state index >= 15 is 0 Å². The van der Waals surface area contributed by atoms with E-state index in [1.807, 2.05) is 52.0 Å². The number of hydrogen-bond acceptors (Lipinski definition) is 3. The number of rotatable bonds is 5. The van der Waals surface area contributed by atoms with Crippen LogP contribution in [0, 0.1) is 0 Å². The predicted octanol–water partition coefficient (Wildman–Crippen LogP) is 3.31. The maximum absolute atomic E-state index is 10.5. The molecule has 0 bridgehead atoms. The molecule has 4 nitrogen and oxygen atoms in total. The normalized spacial score (nSPS) is 10.2. The minimum absolute atomic E-state index is 0.535. The Bertz CT molecular complexity index is 323. The van der Waals surface area contributed by atoms with Crippen LogP contribution in [0.3, 0.4) is 0 Å². The van der Waals surface area contributed by atoms with Crippen LogP contribution in [0.5, 0.6) is 5.75 Å². The van der Waals surface area contributed by atoms with Gasteiger partial charge in [0.1, 0.15) is 11.8 Å². The molecule has 0 saturated carbocycles. The summed E-state index contributed by atoms with van der Waals surface area (Å²) in [5.41, 5.74) is 1.03. The van der Waals surface area contributed by atoms with E-state index in [9.17, 15) is 4.79 Å². The molecule has 1 unspecified atom stereocenters. The summed E-state index contributed by atoms with van der Waals surface area (Å²) in [6.45, 7) is 10.2. The van der Waals surface area contributed by atoms with E-state index in [2.05, 4.69) is 5.32 Å². The van der Waals surface area contributed by atoms with Gasteiger partial charge in [-0.1, -0.05) is 39.8 Å². The third-order valence-corrected chi connectivity index (χ3v) is 2.14. The van der Waals surface area contributed by atoms with Crippen LogP contribution < -0.4 is 10.1 Å². The van der Waals surface area contributed by atoms with Crippen molar-refractivity contribution in [2.24, 2.45) is 0 Å². The van der Waals surface area contributed by atoms with Gasteiger partial charge in [0, 0.05) is 6.54 Å². The van der Waals surface area contributed by atoms with E-state index in [-0.39, 0.29) is 0 Å². The predicted molar refractivity (Wildman–Crippen MR) is 79.6 cm³/mol. The van der Waals surface area contributed by atoms with Gasteiger partial charge in [0.25, 0.3) is 0 Å². The number of carbonyl (C=O) groups is 1. The number of nitrogens with one attached hydrogen (secondary N) is 1. The summed E-state index contributed by atoms with van der Waals surface area (Å²) in [5.74, 6) is -0.0476. The van der Waals surface area contributed by atoms with E-state index in [4.69, 9.17) is 9.84 Å². The molecular weight excluding hydrogens is 242 g/mol. The van der Waals surface area contributed by atoms with Crippen molar-refractivity contribution in [2.75, 3.05) is 7.11 Å². The van der Waals surface area contributed by atoms with Gasteiger partial charge in [0.2, 0.25) is 0 Å². The summed E-state index contributed by atoms with van der Waals surface area (Å²) in [7, 11) is 1.61. The highest BCUT2D eigenvalue weighted by Gasteiger charge is 2.08. The highest BCUT2D eigenvalue weighted by Crippen LogP contribution is 2.10. The molecule has 0 fully saturated rings. The molecule has 110 valence electrons. The van der Waals surface area contributed by atoms with Crippen LogP contribution in [0.4, 0.5) is 0 Å². The fraction of sp³-hybridized carbons (Fsp3) is 0.533. The van der Waals surface area contributed by atoms with Gasteiger partial charge in [-0.2, -0.15) is 0 Å². The molecule has 1 atom stereocenters. The van der Waals surface area contributed by atoms with Gasteiger partial charge < -0.3 is 15.2 Å². The first-order chi connectivity index (χ1) is 9.13. The van der Waals surface area contributed by atoms with E-state index in [0.717, 1.165) is 11.3 Å². The zero-order valence-electron chi connectivity index (χ0n) is 12.9. The van der Waals surface area contributed by atoms with Gasteiger partial charge in [-0.05, 0) is 24.6 Å². The van der Waals surface area contributed by atoms with Gasteiger partial charge in [0.05, 0.1) is 7.11 Å². The molecule has 0 radical (unpaired) electrons. The van der Waals surface area contributed by atoms with Crippen molar-refractivity contribution in [2.45, 2.75) is 47.2 Å². The van der Waals surface area contributed by atoms with Crippen molar-refractivity contribution in [3.63, 3.8) is 0 Å². The molecule has 0 amide bonds. The van der Waals surface area contributed by atoms with Gasteiger partial charge >= 0.3 is 5.97 Å². The lowest BCUT2D eigenvalue weighted by molar-refractivity contribution is -0.139. The van der Waals surface area contributed by atoms with Crippen molar-refractivity contribution < 1.29 is 14.6 Å². The molecule has 19 heavy (non-hydrogen) atoms. The molecule has 0 spiro atoms. The first-order valence-electron chi connectivity index (χ1n) is 6.72. The summed E-state index contributed by atoms with van der Waals surface area (Å²) < 4.78 is 5.02. The summed E-state index contributed by atoms with van der Waals surface area (Å²) in [6.07, 6.45) is 0. The maximum atomic E-state index is 10.5. The Kier molecular flexibility index (Phi) is 13.4. The molecule has 0 aliphatic heterocycles. The van der Waals surface area contributed by atoms with Crippen LogP contribution in [0.15, 0.2) is 24.3 Å². The molecule has 0 saturated heterocycles. The molecule has 1 aromatic carbocycles. The average Bonchev–Trinajstić information content (AvgIpc) is 2.49. The smallest absolute Gasteiger partial charge is 0.320 e. The summed E-state index contributed by atoms with van der Waals surface area (Å²) in [4.78, 5) is 10.5. The number of aliphatic carboxylic acids is 1. The van der Waals surface area contributed by atoms with Gasteiger partial charge in [-0.3, -0.25) is 4.79 Å². The zero-order chi connectivity index (χ0) is 15.3. The first-order valence-corrected chi connectivity index (χ1v) is 6.72. The van der Waals surface area contributed by atoms with E-state index < -0.39 is 12.0 Å². The quantitative estimate of drug-likeness (QED) is 0.861. The van der Waals surface area contributed by atoms with Crippen LogP contribution in [0.1, 0.15) is 40.2 Å². The standard InChI is InChI=1S/C11H15NO3.2C2H6/c1-8(11(13)14)12-7-9-3-5-10(15-2)6-4-9;2*1-2/h3-6,8,12H,7H2,1-2H3,(H,13,14);2*1-2H3. The maximum Gasteiger partial charge on any atom is 0.320 e. The SMILES string of the molecule is CC.CC.COc1ccc(CNC(C)C(=O)O)cc1. The second kappa shape index (κ2) is 12.9. The van der Waals surface area contributed by atoms with Crippen molar-refractivity contribution in [3.8, 4) is 5.75 Å². The van der Waals surface area contributed by atoms with Crippen molar-refractivity contribution in [1.29, 1.82) is 0 Å². The van der Waals surface area contributed by atoms with Crippen LogP contribution in [0.2, 0.25) is 0 Å². The minimum atomic E-state index is -0.844. The van der Waals surface area contributed by atoms with Gasteiger partial charge in [-0.15, -0.1) is 0 Å². The second-order valence-electron chi connectivity index (χ2n) is 3.29. The molecule has 1 rings (SSSR count). The highest BCUT2D eigenvalue weighted by molar-refractivity contribution is 5.72. The van der Waals surface area contributed by atoms with Crippen molar-refractivity contribution in [1.82, 2.24) is 5.32 Å². The number of carboxylic acid groups (broad SMARTS) is 1. The van der Waals surface area contributed by atoms with Crippen LogP contribution >= 0.6 is 0 Å². The molecule has 4 heteroatoms. The Labute approximate surface area is 116 Å². The van der Waals surface area contributed by atoms with Crippen LogP contribution in [-0.4, -0.2) is 24.2 Å². The summed E-state index contributed by atoms with van der Waals surface area (Å²) in [6, 6.07) is 6.97. The fourth-order valence-corrected chi connectivity index (χ4v) is 1.10. The van der Waals surface area contributed by atoms with Gasteiger partial charge in [-0.25, -0.2) is 0 Å². The fourth-order valence-electron chi connectivity index (χ4n) is 1.10. The second-order valence-corrected chi connectivity index (χ2v) is 3.29. The first kappa shape index (κ1) is 19.8. The number of carboxylic acids is 1. The van der Waals surface area contributed by atoms with Crippen molar-refractivity contribution >= 4 is 5.97 Å². The number of ether oxygens (including phenoxy) is 1. The Morgan fingerprint density at radius 2 is 1.68 bits per heavy atom. The van der Waals surface area contributed by atoms with E-state index in [1.165, 1.54) is 0 Å². The average molecular weight is 269 g/mol. The van der Waals surface area contributed by atoms with Gasteiger partial charge in [0.15, 0.2) is 0 Å². The molecule has 0 aliphatic carbocycles. The largest absolute Gasteiger partial charge is 0.497 e. The third-order valence-electron chi connectivity index (χ3n) is 2.14. The summed E-state index contributed by atoms with van der Waals surface area (Å²) in [5, 5.41) is 11.6. The van der Waals surface area contributed by atoms with Crippen LogP contribution in [0.25, 0.3) is 0 Å². The number of methoxy groups -OCH3 is 1. The zero-order valence-corrected chi connectivity index (χ0v) is 12.9. The Morgan fingerprint density at radius 1 is 1.21 bits per heavy atom. The Balaban J connectivity index is 0.